The Kier molecular flexibility index (Phi) is 4.00. The second-order valence-corrected chi connectivity index (χ2v) is 2.06. The minimum Gasteiger partial charge on any atom is -0.473 e. The van der Waals surface area contributed by atoms with Crippen molar-refractivity contribution in [1.29, 1.82) is 0 Å². The molecule has 1 heterocycles. The number of nitrogens with two attached hydrogens (primary N) is 1. The number of anilines is 1. The highest BCUT2D eigenvalue weighted by Crippen LogP contribution is 1.92. The standard InChI is InChI=1S/C4H7N3.C2H2O4/c1-3-2-6-4(5)7-3;3-1(4)2(5)6/h2H,1H3,(H3,5,6,7);(H,3,4)(H,5,6). The molecule has 0 fully saturated rings. The summed E-state index contributed by atoms with van der Waals surface area (Å²) in [7, 11) is 0. The van der Waals surface area contributed by atoms with E-state index in [9.17, 15) is 0 Å². The van der Waals surface area contributed by atoms with E-state index in [-0.39, 0.29) is 0 Å². The van der Waals surface area contributed by atoms with Gasteiger partial charge in [0.05, 0.1) is 0 Å². The van der Waals surface area contributed by atoms with Crippen LogP contribution in [-0.2, 0) is 9.59 Å². The van der Waals surface area contributed by atoms with E-state index >= 15 is 0 Å². The molecule has 0 aliphatic heterocycles. The molecule has 5 N–H and O–H groups in total. The van der Waals surface area contributed by atoms with Gasteiger partial charge < -0.3 is 20.9 Å². The van der Waals surface area contributed by atoms with Crippen LogP contribution in [0.4, 0.5) is 5.95 Å². The fourth-order valence-corrected chi connectivity index (χ4v) is 0.433. The van der Waals surface area contributed by atoms with Crippen LogP contribution in [-0.4, -0.2) is 32.1 Å². The van der Waals surface area contributed by atoms with Crippen LogP contribution >= 0.6 is 0 Å². The number of aromatic amines is 1. The van der Waals surface area contributed by atoms with Gasteiger partial charge in [-0.3, -0.25) is 0 Å². The summed E-state index contributed by atoms with van der Waals surface area (Å²) in [5.41, 5.74) is 6.21. The molecule has 0 aliphatic carbocycles. The number of aryl methyl sites for hydroxylation is 1. The van der Waals surface area contributed by atoms with Gasteiger partial charge in [0.15, 0.2) is 5.95 Å². The highest BCUT2D eigenvalue weighted by molar-refractivity contribution is 6.27. The van der Waals surface area contributed by atoms with Gasteiger partial charge >= 0.3 is 11.9 Å². The summed E-state index contributed by atoms with van der Waals surface area (Å²) in [6.45, 7) is 1.91. The molecule has 0 atom stereocenters. The molecule has 0 aliphatic rings. The Morgan fingerprint density at radius 1 is 1.46 bits per heavy atom. The maximum absolute atomic E-state index is 9.10. The first kappa shape index (κ1) is 11.0. The van der Waals surface area contributed by atoms with Crippen molar-refractivity contribution in [3.05, 3.63) is 11.9 Å². The summed E-state index contributed by atoms with van der Waals surface area (Å²) in [6, 6.07) is 0. The zero-order valence-corrected chi connectivity index (χ0v) is 6.81. The summed E-state index contributed by atoms with van der Waals surface area (Å²) in [5, 5.41) is 14.8. The van der Waals surface area contributed by atoms with Crippen LogP contribution in [0.15, 0.2) is 6.20 Å². The lowest BCUT2D eigenvalue weighted by molar-refractivity contribution is -0.159. The highest BCUT2D eigenvalue weighted by atomic mass is 16.4. The number of hydrogen-bond donors (Lipinski definition) is 4. The average Bonchev–Trinajstić information content (AvgIpc) is 2.35. The number of aliphatic carboxylic acids is 2. The minimum absolute atomic E-state index is 0.484. The Balaban J connectivity index is 0.000000226. The number of carboxylic acids is 2. The van der Waals surface area contributed by atoms with Crippen molar-refractivity contribution < 1.29 is 19.8 Å². The lowest BCUT2D eigenvalue weighted by Gasteiger charge is -1.75. The number of H-pyrrole nitrogens is 1. The van der Waals surface area contributed by atoms with Gasteiger partial charge in [0.1, 0.15) is 0 Å². The van der Waals surface area contributed by atoms with Crippen molar-refractivity contribution in [2.24, 2.45) is 0 Å². The zero-order valence-electron chi connectivity index (χ0n) is 6.81. The fourth-order valence-electron chi connectivity index (χ4n) is 0.433. The van der Waals surface area contributed by atoms with Crippen LogP contribution < -0.4 is 5.73 Å². The summed E-state index contributed by atoms with van der Waals surface area (Å²) < 4.78 is 0. The van der Waals surface area contributed by atoms with Crippen LogP contribution in [0.25, 0.3) is 0 Å². The van der Waals surface area contributed by atoms with Gasteiger partial charge in [-0.2, -0.15) is 0 Å². The lowest BCUT2D eigenvalue weighted by Crippen LogP contribution is -2.09. The summed E-state index contributed by atoms with van der Waals surface area (Å²) in [5.74, 6) is -3.16. The van der Waals surface area contributed by atoms with Gasteiger partial charge in [-0.15, -0.1) is 0 Å². The zero-order chi connectivity index (χ0) is 10.4. The third-order valence-electron chi connectivity index (χ3n) is 0.905. The first-order valence-electron chi connectivity index (χ1n) is 3.16. The Labute approximate surface area is 73.2 Å². The number of aromatic nitrogens is 2. The molecular formula is C6H9N3O4. The molecule has 0 radical (unpaired) electrons. The molecule has 0 saturated heterocycles. The molecule has 0 aromatic carbocycles. The summed E-state index contributed by atoms with van der Waals surface area (Å²) >= 11 is 0. The Bertz CT molecular complexity index is 278. The van der Waals surface area contributed by atoms with Crippen LogP contribution in [0.1, 0.15) is 5.69 Å². The van der Waals surface area contributed by atoms with Crippen LogP contribution in [0, 0.1) is 6.92 Å². The number of nitrogens with zero attached hydrogens (tertiary/aromatic N) is 1. The molecule has 13 heavy (non-hydrogen) atoms. The molecule has 72 valence electrons. The van der Waals surface area contributed by atoms with Gasteiger partial charge in [-0.1, -0.05) is 0 Å². The molecule has 1 aromatic rings. The SMILES string of the molecule is Cc1cnc(N)[nH]1.O=C(O)C(=O)O. The quantitative estimate of drug-likeness (QED) is 0.403. The molecule has 0 saturated carbocycles. The lowest BCUT2D eigenvalue weighted by atomic mass is 10.6. The third-order valence-corrected chi connectivity index (χ3v) is 0.905. The van der Waals surface area contributed by atoms with E-state index < -0.39 is 11.9 Å². The molecule has 0 spiro atoms. The van der Waals surface area contributed by atoms with Gasteiger partial charge in [0.2, 0.25) is 0 Å². The molecule has 1 rings (SSSR count). The van der Waals surface area contributed by atoms with E-state index in [0.29, 0.717) is 5.95 Å². The fraction of sp³-hybridized carbons (Fsp3) is 0.167. The van der Waals surface area contributed by atoms with E-state index in [1.54, 1.807) is 6.20 Å². The number of carboxylic acid groups (broad SMARTS) is 2. The van der Waals surface area contributed by atoms with E-state index in [1.165, 1.54) is 0 Å². The number of imidazole rings is 1. The molecule has 0 bridgehead atoms. The highest BCUT2D eigenvalue weighted by Gasteiger charge is 2.04. The normalized spacial score (nSPS) is 8.38. The maximum Gasteiger partial charge on any atom is 0.414 e. The summed E-state index contributed by atoms with van der Waals surface area (Å²) in [4.78, 5) is 24.7. The molecule has 7 heteroatoms. The van der Waals surface area contributed by atoms with Gasteiger partial charge in [-0.05, 0) is 6.92 Å². The van der Waals surface area contributed by atoms with E-state index in [0.717, 1.165) is 5.69 Å². The van der Waals surface area contributed by atoms with Crippen molar-refractivity contribution in [3.8, 4) is 0 Å². The number of nitrogen functional groups attached to an aromatic ring is 1. The maximum atomic E-state index is 9.10. The minimum atomic E-state index is -1.82. The molecule has 1 aromatic heterocycles. The van der Waals surface area contributed by atoms with Crippen molar-refractivity contribution in [3.63, 3.8) is 0 Å². The van der Waals surface area contributed by atoms with E-state index in [2.05, 4.69) is 9.97 Å². The number of carbonyl (C=O) groups is 2. The Morgan fingerprint density at radius 2 is 1.92 bits per heavy atom. The van der Waals surface area contributed by atoms with Crippen LogP contribution in [0.3, 0.4) is 0 Å². The Hall–Kier alpha value is -2.05. The molecule has 0 unspecified atom stereocenters. The number of nitrogens with one attached hydrogen (secondary N) is 1. The first-order valence-corrected chi connectivity index (χ1v) is 3.16. The predicted octanol–water partition coefficient (Wildman–Crippen LogP) is -0.544. The smallest absolute Gasteiger partial charge is 0.414 e. The molecule has 0 amide bonds. The average molecular weight is 187 g/mol. The summed E-state index contributed by atoms with van der Waals surface area (Å²) in [6.07, 6.45) is 1.69. The first-order chi connectivity index (χ1) is 5.93. The van der Waals surface area contributed by atoms with Crippen molar-refractivity contribution in [2.45, 2.75) is 6.92 Å². The van der Waals surface area contributed by atoms with Gasteiger partial charge in [0, 0.05) is 11.9 Å². The molecule has 7 nitrogen and oxygen atoms in total. The molecular weight excluding hydrogens is 178 g/mol. The topological polar surface area (TPSA) is 129 Å². The van der Waals surface area contributed by atoms with Gasteiger partial charge in [-0.25, -0.2) is 14.6 Å². The Morgan fingerprint density at radius 3 is 2.00 bits per heavy atom. The second kappa shape index (κ2) is 4.75. The monoisotopic (exact) mass is 187 g/mol. The van der Waals surface area contributed by atoms with Crippen LogP contribution in [0.2, 0.25) is 0 Å². The van der Waals surface area contributed by atoms with Crippen molar-refractivity contribution >= 4 is 17.9 Å². The van der Waals surface area contributed by atoms with Crippen molar-refractivity contribution in [1.82, 2.24) is 9.97 Å². The van der Waals surface area contributed by atoms with Crippen LogP contribution in [0.5, 0.6) is 0 Å². The van der Waals surface area contributed by atoms with Gasteiger partial charge in [0.25, 0.3) is 0 Å². The number of hydrogen-bond acceptors (Lipinski definition) is 4. The van der Waals surface area contributed by atoms with Crippen molar-refractivity contribution in [2.75, 3.05) is 5.73 Å². The third kappa shape index (κ3) is 5.24. The van der Waals surface area contributed by atoms with E-state index in [1.807, 2.05) is 6.92 Å². The van der Waals surface area contributed by atoms with E-state index in [4.69, 9.17) is 25.5 Å². The largest absolute Gasteiger partial charge is 0.473 e. The number of rotatable bonds is 0. The second-order valence-electron chi connectivity index (χ2n) is 2.06. The predicted molar refractivity (Wildman–Crippen MR) is 43.0 cm³/mol.